The zero-order valence-electron chi connectivity index (χ0n) is 13.7. The number of carboxylic acid groups (broad SMARTS) is 1. The summed E-state index contributed by atoms with van der Waals surface area (Å²) in [6.45, 7) is 0. The minimum Gasteiger partial charge on any atom is -0.547 e. The van der Waals surface area contributed by atoms with E-state index < -0.39 is 18.0 Å². The molecule has 0 amide bonds. The van der Waals surface area contributed by atoms with Gasteiger partial charge in [-0.15, -0.1) is 0 Å². The Morgan fingerprint density at radius 2 is 1.04 bits per heavy atom. The Kier molecular flexibility index (Phi) is 5.26. The predicted octanol–water partition coefficient (Wildman–Crippen LogP) is 2.71. The van der Waals surface area contributed by atoms with Crippen molar-refractivity contribution in [1.82, 2.24) is 0 Å². The van der Waals surface area contributed by atoms with E-state index in [1.165, 1.54) is 0 Å². The Morgan fingerprint density at radius 3 is 1.40 bits per heavy atom. The molecule has 0 radical (unpaired) electrons. The number of aliphatic carboxylic acids is 1. The molecule has 1 unspecified atom stereocenters. The van der Waals surface area contributed by atoms with Crippen molar-refractivity contribution in [3.8, 4) is 0 Å². The molecule has 126 valence electrons. The summed E-state index contributed by atoms with van der Waals surface area (Å²) in [7, 11) is 0. The Bertz CT molecular complexity index is 761. The molecule has 0 aliphatic carbocycles. The highest BCUT2D eigenvalue weighted by Gasteiger charge is 2.32. The summed E-state index contributed by atoms with van der Waals surface area (Å²) in [6.07, 6.45) is -1.62. The maximum Gasteiger partial charge on any atom is 0.101 e. The molecule has 0 saturated carbocycles. The van der Waals surface area contributed by atoms with E-state index >= 15 is 0 Å². The topological polar surface area (TPSA) is 60.4 Å². The van der Waals surface area contributed by atoms with Crippen molar-refractivity contribution >= 4 is 5.97 Å². The molecule has 3 aromatic rings. The Hall–Kier alpha value is -2.91. The molecule has 0 heterocycles. The minimum atomic E-state index is -1.62. The smallest absolute Gasteiger partial charge is 0.101 e. The number of aliphatic hydroxyl groups is 1. The van der Waals surface area contributed by atoms with Crippen LogP contribution < -0.4 is 5.11 Å². The van der Waals surface area contributed by atoms with Crippen molar-refractivity contribution in [3.63, 3.8) is 0 Å². The summed E-state index contributed by atoms with van der Waals surface area (Å²) >= 11 is 0. The van der Waals surface area contributed by atoms with Crippen LogP contribution in [0.5, 0.6) is 0 Å². The molecule has 3 heteroatoms. The summed E-state index contributed by atoms with van der Waals surface area (Å²) < 4.78 is 0. The van der Waals surface area contributed by atoms with Gasteiger partial charge < -0.3 is 15.0 Å². The fraction of sp³-hybridized carbons (Fsp3) is 0.136. The Labute approximate surface area is 147 Å². The van der Waals surface area contributed by atoms with Crippen molar-refractivity contribution in [2.24, 2.45) is 0 Å². The van der Waals surface area contributed by atoms with Crippen molar-refractivity contribution in [3.05, 3.63) is 108 Å². The molecule has 25 heavy (non-hydrogen) atoms. The lowest BCUT2D eigenvalue weighted by Gasteiger charge is -2.33. The number of carboxylic acids is 1. The van der Waals surface area contributed by atoms with Gasteiger partial charge in [0, 0.05) is 11.8 Å². The van der Waals surface area contributed by atoms with Crippen LogP contribution in [0.25, 0.3) is 0 Å². The average molecular weight is 331 g/mol. The fourth-order valence-electron chi connectivity index (χ4n) is 3.31. The third-order valence-corrected chi connectivity index (χ3v) is 4.44. The van der Waals surface area contributed by atoms with Crippen molar-refractivity contribution in [1.29, 1.82) is 0 Å². The van der Waals surface area contributed by atoms with Gasteiger partial charge in [0.15, 0.2) is 0 Å². The number of carbonyl (C=O) groups excluding carboxylic acids is 1. The molecular formula is C22H19O3-. The van der Waals surface area contributed by atoms with E-state index in [2.05, 4.69) is 0 Å². The molecule has 0 bridgehead atoms. The molecule has 0 aliphatic rings. The highest BCUT2D eigenvalue weighted by atomic mass is 16.4. The second-order valence-corrected chi connectivity index (χ2v) is 6.00. The summed E-state index contributed by atoms with van der Waals surface area (Å²) in [4.78, 5) is 11.5. The van der Waals surface area contributed by atoms with Crippen LogP contribution in [-0.2, 0) is 4.79 Å². The molecule has 0 spiro atoms. The largest absolute Gasteiger partial charge is 0.547 e. The van der Waals surface area contributed by atoms with Crippen LogP contribution in [0.15, 0.2) is 91.0 Å². The van der Waals surface area contributed by atoms with Crippen LogP contribution in [0.1, 0.15) is 28.5 Å². The normalized spacial score (nSPS) is 13.4. The molecule has 1 N–H and O–H groups in total. The van der Waals surface area contributed by atoms with Gasteiger partial charge in [0.05, 0.1) is 5.97 Å². The zero-order valence-corrected chi connectivity index (χ0v) is 13.7. The second-order valence-electron chi connectivity index (χ2n) is 6.00. The first-order valence-corrected chi connectivity index (χ1v) is 8.22. The third kappa shape index (κ3) is 3.78. The number of rotatable bonds is 6. The molecule has 3 nitrogen and oxygen atoms in total. The van der Waals surface area contributed by atoms with Gasteiger partial charge in [-0.05, 0) is 16.7 Å². The number of aliphatic hydroxyl groups excluding tert-OH is 1. The summed E-state index contributed by atoms with van der Waals surface area (Å²) in [5.41, 5.74) is 2.66. The maximum atomic E-state index is 11.5. The number of benzene rings is 3. The third-order valence-electron chi connectivity index (χ3n) is 4.44. The van der Waals surface area contributed by atoms with E-state index in [4.69, 9.17) is 0 Å². The quantitative estimate of drug-likeness (QED) is 0.755. The van der Waals surface area contributed by atoms with Gasteiger partial charge in [-0.2, -0.15) is 0 Å². The standard InChI is InChI=1S/C22H20O3/c23-21(22(24)25)20(18-14-8-3-9-15-18)19(16-10-4-1-5-11-16)17-12-6-2-7-13-17/h1-15,19-21,23H,(H,24,25)/p-1/t20?,21-/m0/s1. The van der Waals surface area contributed by atoms with E-state index in [0.717, 1.165) is 16.7 Å². The van der Waals surface area contributed by atoms with E-state index in [9.17, 15) is 15.0 Å². The monoisotopic (exact) mass is 331 g/mol. The molecule has 3 rings (SSSR count). The first-order chi connectivity index (χ1) is 12.2. The molecule has 0 aliphatic heterocycles. The van der Waals surface area contributed by atoms with Crippen molar-refractivity contribution in [2.45, 2.75) is 17.9 Å². The van der Waals surface area contributed by atoms with Crippen LogP contribution in [-0.4, -0.2) is 17.2 Å². The SMILES string of the molecule is O=C([O-])[C@@H](O)C(c1ccccc1)C(c1ccccc1)c1ccccc1. The summed E-state index contributed by atoms with van der Waals surface area (Å²) in [6, 6.07) is 28.5. The molecule has 0 saturated heterocycles. The first-order valence-electron chi connectivity index (χ1n) is 8.22. The van der Waals surface area contributed by atoms with Crippen molar-refractivity contribution in [2.75, 3.05) is 0 Å². The van der Waals surface area contributed by atoms with Gasteiger partial charge in [0.1, 0.15) is 6.10 Å². The van der Waals surface area contributed by atoms with Gasteiger partial charge in [-0.25, -0.2) is 0 Å². The maximum absolute atomic E-state index is 11.5. The summed E-state index contributed by atoms with van der Waals surface area (Å²) in [5, 5.41) is 22.0. The number of hydrogen-bond donors (Lipinski definition) is 1. The number of carbonyl (C=O) groups is 1. The van der Waals surface area contributed by atoms with E-state index in [1.807, 2.05) is 91.0 Å². The highest BCUT2D eigenvalue weighted by molar-refractivity contribution is 5.72. The van der Waals surface area contributed by atoms with Crippen LogP contribution in [0, 0.1) is 0 Å². The van der Waals surface area contributed by atoms with Crippen LogP contribution in [0.3, 0.4) is 0 Å². The average Bonchev–Trinajstić information content (AvgIpc) is 2.67. The summed E-state index contributed by atoms with van der Waals surface area (Å²) in [5.74, 6) is -2.43. The first kappa shape index (κ1) is 16.9. The predicted molar refractivity (Wildman–Crippen MR) is 94.9 cm³/mol. The molecule has 0 aromatic heterocycles. The lowest BCUT2D eigenvalue weighted by Crippen LogP contribution is -2.41. The molecule has 0 fully saturated rings. The lowest BCUT2D eigenvalue weighted by atomic mass is 9.74. The molecule has 2 atom stereocenters. The van der Waals surface area contributed by atoms with E-state index in [-0.39, 0.29) is 5.92 Å². The Morgan fingerprint density at radius 1 is 0.680 bits per heavy atom. The number of hydrogen-bond acceptors (Lipinski definition) is 3. The highest BCUT2D eigenvalue weighted by Crippen LogP contribution is 2.40. The van der Waals surface area contributed by atoms with Gasteiger partial charge in [-0.1, -0.05) is 91.0 Å². The Balaban J connectivity index is 2.18. The minimum absolute atomic E-state index is 0.308. The second kappa shape index (κ2) is 7.77. The van der Waals surface area contributed by atoms with E-state index in [0.29, 0.717) is 0 Å². The lowest BCUT2D eigenvalue weighted by molar-refractivity contribution is -0.316. The molecule has 3 aromatic carbocycles. The van der Waals surface area contributed by atoms with Gasteiger partial charge in [0.25, 0.3) is 0 Å². The van der Waals surface area contributed by atoms with Crippen LogP contribution in [0.2, 0.25) is 0 Å². The van der Waals surface area contributed by atoms with Crippen molar-refractivity contribution < 1.29 is 15.0 Å². The zero-order chi connectivity index (χ0) is 17.6. The molecular weight excluding hydrogens is 312 g/mol. The van der Waals surface area contributed by atoms with Gasteiger partial charge >= 0.3 is 0 Å². The van der Waals surface area contributed by atoms with Crippen LogP contribution >= 0.6 is 0 Å². The van der Waals surface area contributed by atoms with Gasteiger partial charge in [0.2, 0.25) is 0 Å². The van der Waals surface area contributed by atoms with Crippen LogP contribution in [0.4, 0.5) is 0 Å². The van der Waals surface area contributed by atoms with E-state index in [1.54, 1.807) is 0 Å². The fourth-order valence-corrected chi connectivity index (χ4v) is 3.31. The van der Waals surface area contributed by atoms with Gasteiger partial charge in [-0.3, -0.25) is 0 Å².